The number of fused-ring (bicyclic) bond motifs is 12. The maximum Gasteiger partial charge on any atom is 0.135 e. The van der Waals surface area contributed by atoms with E-state index in [0.29, 0.717) is 0 Å². The van der Waals surface area contributed by atoms with Crippen molar-refractivity contribution in [3.8, 4) is 33.4 Å². The average Bonchev–Trinajstić information content (AvgIpc) is 3.64. The zero-order valence-corrected chi connectivity index (χ0v) is 27.9. The minimum absolute atomic E-state index is 0.184. The molecule has 0 spiro atoms. The van der Waals surface area contributed by atoms with E-state index in [0.717, 1.165) is 21.9 Å². The molecule has 11 rings (SSSR count). The van der Waals surface area contributed by atoms with Crippen LogP contribution in [0.4, 0.5) is 0 Å². The van der Waals surface area contributed by atoms with E-state index in [1.165, 1.54) is 87.6 Å². The van der Waals surface area contributed by atoms with E-state index in [1.807, 2.05) is 12.1 Å². The number of para-hydroxylation sites is 1. The van der Waals surface area contributed by atoms with Gasteiger partial charge < -0.3 is 4.42 Å². The molecule has 9 aromatic carbocycles. The fraction of sp³-hybridized carbons (Fsp3) is 0.0612. The molecule has 0 radical (unpaired) electrons. The van der Waals surface area contributed by atoms with Crippen molar-refractivity contribution < 1.29 is 4.42 Å². The number of furan rings is 1. The molecule has 1 nitrogen and oxygen atoms in total. The van der Waals surface area contributed by atoms with Gasteiger partial charge in [0, 0.05) is 16.2 Å². The molecule has 50 heavy (non-hydrogen) atoms. The predicted molar refractivity (Wildman–Crippen MR) is 212 cm³/mol. The van der Waals surface area contributed by atoms with Crippen molar-refractivity contribution in [2.45, 2.75) is 19.3 Å². The van der Waals surface area contributed by atoms with Crippen LogP contribution in [0.5, 0.6) is 0 Å². The van der Waals surface area contributed by atoms with Crippen molar-refractivity contribution in [2.24, 2.45) is 0 Å². The van der Waals surface area contributed by atoms with Gasteiger partial charge in [0.25, 0.3) is 0 Å². The summed E-state index contributed by atoms with van der Waals surface area (Å²) in [7, 11) is 0. The Balaban J connectivity index is 1.11. The van der Waals surface area contributed by atoms with Crippen LogP contribution in [-0.2, 0) is 5.41 Å². The highest BCUT2D eigenvalue weighted by Crippen LogP contribution is 2.53. The third-order valence-corrected chi connectivity index (χ3v) is 11.4. The molecule has 0 saturated carbocycles. The van der Waals surface area contributed by atoms with Crippen molar-refractivity contribution in [3.05, 3.63) is 169 Å². The molecule has 0 amide bonds. The van der Waals surface area contributed by atoms with Gasteiger partial charge in [0.1, 0.15) is 11.2 Å². The second-order valence-corrected chi connectivity index (χ2v) is 14.4. The smallest absolute Gasteiger partial charge is 0.135 e. The first-order valence-corrected chi connectivity index (χ1v) is 17.5. The molecule has 0 atom stereocenters. The van der Waals surface area contributed by atoms with E-state index >= 15 is 0 Å². The minimum atomic E-state index is -0.184. The lowest BCUT2D eigenvalue weighted by Gasteiger charge is -2.24. The fourth-order valence-corrected chi connectivity index (χ4v) is 9.12. The van der Waals surface area contributed by atoms with Crippen molar-refractivity contribution in [1.82, 2.24) is 0 Å². The predicted octanol–water partition coefficient (Wildman–Crippen LogP) is 13.8. The van der Waals surface area contributed by atoms with Gasteiger partial charge in [0.2, 0.25) is 0 Å². The monoisotopic (exact) mass is 636 g/mol. The van der Waals surface area contributed by atoms with Gasteiger partial charge in [-0.1, -0.05) is 141 Å². The molecular weight excluding hydrogens is 605 g/mol. The second kappa shape index (κ2) is 9.94. The Kier molecular flexibility index (Phi) is 5.51. The molecular formula is C49H32O. The van der Waals surface area contributed by atoms with Gasteiger partial charge in [-0.15, -0.1) is 0 Å². The summed E-state index contributed by atoms with van der Waals surface area (Å²) in [5, 5.41) is 12.7. The highest BCUT2D eigenvalue weighted by molar-refractivity contribution is 6.20. The molecule has 10 aromatic rings. The molecule has 0 bridgehead atoms. The average molecular weight is 637 g/mol. The summed E-state index contributed by atoms with van der Waals surface area (Å²) in [6, 6.07) is 58.3. The largest absolute Gasteiger partial charge is 0.456 e. The topological polar surface area (TPSA) is 13.1 Å². The van der Waals surface area contributed by atoms with E-state index < -0.39 is 0 Å². The molecule has 1 heterocycles. The molecule has 1 aliphatic carbocycles. The summed E-state index contributed by atoms with van der Waals surface area (Å²) >= 11 is 0. The summed E-state index contributed by atoms with van der Waals surface area (Å²) in [5.74, 6) is 0. The number of rotatable bonds is 2. The van der Waals surface area contributed by atoms with Gasteiger partial charge in [-0.05, 0) is 118 Å². The lowest BCUT2D eigenvalue weighted by atomic mass is 9.78. The van der Waals surface area contributed by atoms with Crippen LogP contribution in [0.1, 0.15) is 25.0 Å². The molecule has 0 aliphatic heterocycles. The van der Waals surface area contributed by atoms with Crippen LogP contribution in [0, 0.1) is 0 Å². The quantitative estimate of drug-likeness (QED) is 0.136. The summed E-state index contributed by atoms with van der Waals surface area (Å²) in [6.45, 7) is 4.82. The Hall–Kier alpha value is -6.18. The van der Waals surface area contributed by atoms with Crippen molar-refractivity contribution >= 4 is 65.0 Å². The van der Waals surface area contributed by atoms with Crippen LogP contribution in [0.15, 0.2) is 162 Å². The third kappa shape index (κ3) is 3.72. The molecule has 0 fully saturated rings. The normalized spacial score (nSPS) is 13.6. The standard InChI is InChI=1S/C49H32O/c1-49(2)44-28-32(47-35-13-6-4-11-30(35)26-42-33-12-5-3-10-29(33)18-22-39(42)47)19-21-37(44)41-24-23-36-34(15-9-16-40(36)48(41)49)31-20-25-46-43(27-31)38-14-7-8-17-45(38)50-46/h3-28H,1-2H3. The van der Waals surface area contributed by atoms with Gasteiger partial charge in [-0.2, -0.15) is 0 Å². The number of benzene rings is 9. The number of hydrogen-bond acceptors (Lipinski definition) is 1. The molecule has 0 saturated heterocycles. The number of hydrogen-bond donors (Lipinski definition) is 0. The highest BCUT2D eigenvalue weighted by Gasteiger charge is 2.37. The Bertz CT molecular complexity index is 3060. The molecule has 1 heteroatoms. The first-order chi connectivity index (χ1) is 24.5. The van der Waals surface area contributed by atoms with Crippen LogP contribution >= 0.6 is 0 Å². The Morgan fingerprint density at radius 1 is 0.380 bits per heavy atom. The van der Waals surface area contributed by atoms with Gasteiger partial charge in [-0.25, -0.2) is 0 Å². The van der Waals surface area contributed by atoms with E-state index in [-0.39, 0.29) is 5.41 Å². The highest BCUT2D eigenvalue weighted by atomic mass is 16.3. The Labute approximate surface area is 290 Å². The lowest BCUT2D eigenvalue weighted by molar-refractivity contribution is 0.666. The summed E-state index contributed by atoms with van der Waals surface area (Å²) in [5.41, 5.74) is 12.2. The minimum Gasteiger partial charge on any atom is -0.456 e. The first kappa shape index (κ1) is 27.7. The summed E-state index contributed by atoms with van der Waals surface area (Å²) in [4.78, 5) is 0. The maximum atomic E-state index is 6.16. The van der Waals surface area contributed by atoms with Gasteiger partial charge in [0.15, 0.2) is 0 Å². The summed E-state index contributed by atoms with van der Waals surface area (Å²) < 4.78 is 6.16. The van der Waals surface area contributed by atoms with Gasteiger partial charge in [0.05, 0.1) is 0 Å². The van der Waals surface area contributed by atoms with Crippen LogP contribution in [0.25, 0.3) is 98.4 Å². The van der Waals surface area contributed by atoms with E-state index in [1.54, 1.807) is 0 Å². The fourth-order valence-electron chi connectivity index (χ4n) is 9.12. The molecule has 0 unspecified atom stereocenters. The maximum absolute atomic E-state index is 6.16. The van der Waals surface area contributed by atoms with Crippen LogP contribution < -0.4 is 0 Å². The molecule has 234 valence electrons. The van der Waals surface area contributed by atoms with E-state index in [4.69, 9.17) is 4.42 Å². The zero-order valence-electron chi connectivity index (χ0n) is 27.9. The first-order valence-electron chi connectivity index (χ1n) is 17.5. The third-order valence-electron chi connectivity index (χ3n) is 11.4. The van der Waals surface area contributed by atoms with Crippen LogP contribution in [0.3, 0.4) is 0 Å². The SMILES string of the molecule is CC1(C)c2cc(-c3c4ccccc4cc4c3ccc3ccccc34)ccc2-c2ccc3c(-c4ccc5oc6ccccc6c5c4)cccc3c21. The second-order valence-electron chi connectivity index (χ2n) is 14.4. The Morgan fingerprint density at radius 3 is 1.98 bits per heavy atom. The zero-order chi connectivity index (χ0) is 33.1. The van der Waals surface area contributed by atoms with Crippen LogP contribution in [0.2, 0.25) is 0 Å². The molecule has 1 aromatic heterocycles. The van der Waals surface area contributed by atoms with Crippen LogP contribution in [-0.4, -0.2) is 0 Å². The van der Waals surface area contributed by atoms with Gasteiger partial charge in [-0.3, -0.25) is 0 Å². The lowest BCUT2D eigenvalue weighted by Crippen LogP contribution is -2.15. The van der Waals surface area contributed by atoms with Crippen molar-refractivity contribution in [3.63, 3.8) is 0 Å². The van der Waals surface area contributed by atoms with Gasteiger partial charge >= 0.3 is 0 Å². The Morgan fingerprint density at radius 2 is 1.08 bits per heavy atom. The summed E-state index contributed by atoms with van der Waals surface area (Å²) in [6.07, 6.45) is 0. The van der Waals surface area contributed by atoms with E-state index in [2.05, 4.69) is 159 Å². The van der Waals surface area contributed by atoms with Crippen molar-refractivity contribution in [2.75, 3.05) is 0 Å². The van der Waals surface area contributed by atoms with E-state index in [9.17, 15) is 0 Å². The van der Waals surface area contributed by atoms with Crippen molar-refractivity contribution in [1.29, 1.82) is 0 Å². The molecule has 0 N–H and O–H groups in total. The molecule has 1 aliphatic rings.